The molecule has 3 aromatic carbocycles. The average Bonchev–Trinajstić information content (AvgIpc) is 3.09. The molecule has 0 aromatic heterocycles. The Balaban J connectivity index is 1.76. The number of hydrogen-bond acceptors (Lipinski definition) is 6. The zero-order chi connectivity index (χ0) is 23.5. The minimum atomic E-state index is -0.507. The summed E-state index contributed by atoms with van der Waals surface area (Å²) in [6.07, 6.45) is 0. The van der Waals surface area contributed by atoms with Crippen molar-refractivity contribution in [2.75, 3.05) is 19.1 Å². The van der Waals surface area contributed by atoms with Crippen LogP contribution < -0.4 is 9.64 Å². The second-order valence-corrected chi connectivity index (χ2v) is 7.47. The number of methoxy groups -OCH3 is 1. The van der Waals surface area contributed by atoms with Crippen LogP contribution in [0.3, 0.4) is 0 Å². The number of carbonyl (C=O) groups excluding carboxylic acids is 2. The van der Waals surface area contributed by atoms with Crippen molar-refractivity contribution in [1.82, 2.24) is 4.90 Å². The van der Waals surface area contributed by atoms with E-state index in [1.807, 2.05) is 30.3 Å². The normalized spacial score (nSPS) is 13.5. The third-order valence-corrected chi connectivity index (χ3v) is 5.49. The van der Waals surface area contributed by atoms with E-state index >= 15 is 0 Å². The molecule has 0 fully saturated rings. The van der Waals surface area contributed by atoms with Crippen LogP contribution in [-0.2, 0) is 16.1 Å². The molecule has 33 heavy (non-hydrogen) atoms. The Morgan fingerprint density at radius 2 is 1.55 bits per heavy atom. The van der Waals surface area contributed by atoms with Gasteiger partial charge in [-0.15, -0.1) is 0 Å². The van der Waals surface area contributed by atoms with Crippen LogP contribution in [0, 0.1) is 10.1 Å². The zero-order valence-electron chi connectivity index (χ0n) is 18.1. The number of para-hydroxylation sites is 1. The van der Waals surface area contributed by atoms with E-state index < -0.39 is 16.7 Å². The predicted octanol–water partition coefficient (Wildman–Crippen LogP) is 4.02. The molecule has 0 radical (unpaired) electrons. The molecule has 1 heterocycles. The van der Waals surface area contributed by atoms with Crippen LogP contribution in [0.25, 0.3) is 5.57 Å². The van der Waals surface area contributed by atoms with Gasteiger partial charge < -0.3 is 9.64 Å². The summed E-state index contributed by atoms with van der Waals surface area (Å²) in [4.78, 5) is 40.4. The molecule has 1 aliphatic rings. The minimum Gasteiger partial charge on any atom is -0.497 e. The van der Waals surface area contributed by atoms with E-state index in [0.29, 0.717) is 11.3 Å². The Morgan fingerprint density at radius 1 is 0.909 bits per heavy atom. The van der Waals surface area contributed by atoms with Gasteiger partial charge in [0, 0.05) is 24.9 Å². The summed E-state index contributed by atoms with van der Waals surface area (Å²) < 4.78 is 5.17. The zero-order valence-corrected chi connectivity index (χ0v) is 18.1. The second kappa shape index (κ2) is 8.96. The van der Waals surface area contributed by atoms with Crippen molar-refractivity contribution in [2.24, 2.45) is 0 Å². The number of hydrogen-bond donors (Lipinski definition) is 0. The lowest BCUT2D eigenvalue weighted by Gasteiger charge is -2.21. The number of anilines is 1. The fourth-order valence-electron chi connectivity index (χ4n) is 3.72. The van der Waals surface area contributed by atoms with Gasteiger partial charge in [0.25, 0.3) is 17.5 Å². The highest BCUT2D eigenvalue weighted by Crippen LogP contribution is 2.35. The lowest BCUT2D eigenvalue weighted by molar-refractivity contribution is -0.384. The van der Waals surface area contributed by atoms with Crippen LogP contribution in [0.4, 0.5) is 11.4 Å². The summed E-state index contributed by atoms with van der Waals surface area (Å²) in [6.45, 7) is 0.0876. The number of ether oxygens (including phenoxy) is 1. The van der Waals surface area contributed by atoms with Gasteiger partial charge >= 0.3 is 0 Å². The molecule has 0 saturated carbocycles. The van der Waals surface area contributed by atoms with Gasteiger partial charge in [0.05, 0.1) is 24.2 Å². The van der Waals surface area contributed by atoms with Crippen LogP contribution in [-0.4, -0.2) is 35.8 Å². The highest BCUT2D eigenvalue weighted by atomic mass is 16.6. The number of likely N-dealkylation sites (N-methyl/N-ethyl adjacent to an activating group) is 1. The molecule has 8 heteroatoms. The summed E-state index contributed by atoms with van der Waals surface area (Å²) in [5.41, 5.74) is 2.27. The molecule has 0 bridgehead atoms. The fourth-order valence-corrected chi connectivity index (χ4v) is 3.72. The Labute approximate surface area is 190 Å². The van der Waals surface area contributed by atoms with E-state index in [-0.39, 0.29) is 23.5 Å². The minimum absolute atomic E-state index is 0.0876. The Kier molecular flexibility index (Phi) is 5.91. The number of nitro groups is 1. The van der Waals surface area contributed by atoms with Gasteiger partial charge in [-0.2, -0.15) is 0 Å². The van der Waals surface area contributed by atoms with Crippen molar-refractivity contribution >= 4 is 28.8 Å². The van der Waals surface area contributed by atoms with Crippen molar-refractivity contribution in [3.8, 4) is 5.75 Å². The fraction of sp³-hybridized carbons (Fsp3) is 0.120. The highest BCUT2D eigenvalue weighted by Gasteiger charge is 2.41. The third-order valence-electron chi connectivity index (χ3n) is 5.49. The van der Waals surface area contributed by atoms with Gasteiger partial charge in [-0.3, -0.25) is 24.6 Å². The van der Waals surface area contributed by atoms with Crippen molar-refractivity contribution in [2.45, 2.75) is 6.54 Å². The first kappa shape index (κ1) is 21.8. The summed E-state index contributed by atoms with van der Waals surface area (Å²) in [7, 11) is 3.28. The van der Waals surface area contributed by atoms with E-state index in [0.717, 1.165) is 11.3 Å². The molecule has 0 unspecified atom stereocenters. The van der Waals surface area contributed by atoms with Gasteiger partial charge in [-0.1, -0.05) is 30.3 Å². The predicted molar refractivity (Wildman–Crippen MR) is 123 cm³/mol. The molecule has 0 atom stereocenters. The molecule has 0 saturated heterocycles. The Bertz CT molecular complexity index is 1240. The molecule has 166 valence electrons. The van der Waals surface area contributed by atoms with Crippen LogP contribution in [0.1, 0.15) is 11.1 Å². The first-order valence-corrected chi connectivity index (χ1v) is 10.2. The summed E-state index contributed by atoms with van der Waals surface area (Å²) in [6, 6.07) is 22.0. The Morgan fingerprint density at radius 3 is 2.12 bits per heavy atom. The summed E-state index contributed by atoms with van der Waals surface area (Å²) in [5, 5.41) is 11.1. The number of amides is 2. The maximum Gasteiger partial charge on any atom is 0.278 e. The van der Waals surface area contributed by atoms with Crippen molar-refractivity contribution in [1.29, 1.82) is 0 Å². The molecule has 0 spiro atoms. The smallest absolute Gasteiger partial charge is 0.278 e. The van der Waals surface area contributed by atoms with Crippen molar-refractivity contribution < 1.29 is 19.2 Å². The monoisotopic (exact) mass is 443 g/mol. The average molecular weight is 443 g/mol. The highest BCUT2D eigenvalue weighted by molar-refractivity contribution is 6.36. The first-order chi connectivity index (χ1) is 15.9. The van der Waals surface area contributed by atoms with E-state index in [1.165, 1.54) is 29.2 Å². The van der Waals surface area contributed by atoms with Crippen LogP contribution >= 0.6 is 0 Å². The molecule has 2 amide bonds. The molecule has 0 N–H and O–H groups in total. The maximum absolute atomic E-state index is 13.5. The molecule has 8 nitrogen and oxygen atoms in total. The number of nitrogens with zero attached hydrogens (tertiary/aromatic N) is 3. The summed E-state index contributed by atoms with van der Waals surface area (Å²) >= 11 is 0. The Hall–Kier alpha value is -4.46. The summed E-state index contributed by atoms with van der Waals surface area (Å²) in [5.74, 6) is -0.218. The quantitative estimate of drug-likeness (QED) is 0.311. The number of benzene rings is 3. The topological polar surface area (TPSA) is 93.0 Å². The van der Waals surface area contributed by atoms with E-state index in [1.54, 1.807) is 43.3 Å². The van der Waals surface area contributed by atoms with Crippen LogP contribution in [0.2, 0.25) is 0 Å². The lowest BCUT2D eigenvalue weighted by Crippen LogP contribution is -2.33. The maximum atomic E-state index is 13.5. The largest absolute Gasteiger partial charge is 0.497 e. The van der Waals surface area contributed by atoms with Gasteiger partial charge in [0.2, 0.25) is 0 Å². The van der Waals surface area contributed by atoms with Crippen molar-refractivity contribution in [3.05, 3.63) is 106 Å². The van der Waals surface area contributed by atoms with Gasteiger partial charge in [-0.25, -0.2) is 0 Å². The molecular formula is C25H21N3O5. The molecular weight excluding hydrogens is 422 g/mol. The second-order valence-electron chi connectivity index (χ2n) is 7.47. The van der Waals surface area contributed by atoms with Gasteiger partial charge in [0.1, 0.15) is 11.4 Å². The van der Waals surface area contributed by atoms with Gasteiger partial charge in [0.15, 0.2) is 0 Å². The number of carbonyl (C=O) groups is 2. The number of non-ortho nitro benzene ring substituents is 1. The molecule has 0 aliphatic carbocycles. The van der Waals surface area contributed by atoms with E-state index in [9.17, 15) is 19.7 Å². The first-order valence-electron chi connectivity index (χ1n) is 10.2. The molecule has 1 aliphatic heterocycles. The van der Waals surface area contributed by atoms with Gasteiger partial charge in [-0.05, 0) is 47.5 Å². The number of rotatable bonds is 7. The van der Waals surface area contributed by atoms with Crippen LogP contribution in [0.5, 0.6) is 5.75 Å². The van der Waals surface area contributed by atoms with E-state index in [4.69, 9.17) is 4.74 Å². The standard InChI is InChI=1S/C25H21N3O5/c1-26(19-6-4-3-5-7-19)23-22(18-10-12-20(13-11-18)28(31)32)24(29)27(25(23)30)16-17-8-14-21(33-2)15-9-17/h3-15H,16H2,1-2H3. The van der Waals surface area contributed by atoms with Crippen molar-refractivity contribution in [3.63, 3.8) is 0 Å². The molecule has 4 rings (SSSR count). The third kappa shape index (κ3) is 4.18. The van der Waals surface area contributed by atoms with E-state index in [2.05, 4.69) is 0 Å². The lowest BCUT2D eigenvalue weighted by atomic mass is 10.0. The van der Waals surface area contributed by atoms with Crippen LogP contribution in [0.15, 0.2) is 84.6 Å². The number of imide groups is 1. The number of nitro benzene ring substituents is 1. The molecule has 3 aromatic rings. The SMILES string of the molecule is COc1ccc(CN2C(=O)C(c3ccc([N+](=O)[O-])cc3)=C(N(C)c3ccccc3)C2=O)cc1.